The molecule has 2 aromatic rings. The molecule has 1 N–H and O–H groups in total. The van der Waals surface area contributed by atoms with Gasteiger partial charge in [0.15, 0.2) is 0 Å². The Bertz CT molecular complexity index is 982. The van der Waals surface area contributed by atoms with Crippen molar-refractivity contribution >= 4 is 33.4 Å². The lowest BCUT2D eigenvalue weighted by molar-refractivity contribution is -0.113. The number of benzene rings is 1. The molecule has 0 atom stereocenters. The Kier molecular flexibility index (Phi) is 6.40. The van der Waals surface area contributed by atoms with Gasteiger partial charge in [-0.25, -0.2) is 13.1 Å². The van der Waals surface area contributed by atoms with Crippen LogP contribution in [0.5, 0.6) is 0 Å². The third kappa shape index (κ3) is 4.84. The number of aromatic nitrogens is 4. The van der Waals surface area contributed by atoms with Crippen LogP contribution in [0.1, 0.15) is 51.0 Å². The zero-order chi connectivity index (χ0) is 21.1. The molecule has 0 radical (unpaired) electrons. The van der Waals surface area contributed by atoms with Gasteiger partial charge in [-0.1, -0.05) is 31.0 Å². The largest absolute Gasteiger partial charge is 0.325 e. The highest BCUT2D eigenvalue weighted by molar-refractivity contribution is 7.99. The summed E-state index contributed by atoms with van der Waals surface area (Å²) in [6, 6.07) is 6.76. The summed E-state index contributed by atoms with van der Waals surface area (Å²) in [5.74, 6) is -0.0161. The highest BCUT2D eigenvalue weighted by Gasteiger charge is 2.29. The summed E-state index contributed by atoms with van der Waals surface area (Å²) in [5.41, 5.74) is 0.557. The summed E-state index contributed by atoms with van der Waals surface area (Å²) in [6.45, 7) is 0. The molecule has 11 heteroatoms. The second kappa shape index (κ2) is 9.03. The number of carbonyl (C=O) groups is 1. The zero-order valence-corrected chi connectivity index (χ0v) is 18.5. The fourth-order valence-electron chi connectivity index (χ4n) is 3.67. The van der Waals surface area contributed by atoms with Crippen molar-refractivity contribution in [3.63, 3.8) is 0 Å². The topological polar surface area (TPSA) is 110 Å². The highest BCUT2D eigenvalue weighted by atomic mass is 32.2. The van der Waals surface area contributed by atoms with E-state index in [0.29, 0.717) is 16.9 Å². The number of thioether (sulfide) groups is 1. The van der Waals surface area contributed by atoms with Crippen molar-refractivity contribution in [3.05, 3.63) is 24.3 Å². The van der Waals surface area contributed by atoms with Gasteiger partial charge in [-0.2, -0.15) is 4.31 Å². The van der Waals surface area contributed by atoms with Crippen molar-refractivity contribution in [1.29, 1.82) is 0 Å². The molecule has 0 spiro atoms. The van der Waals surface area contributed by atoms with Crippen molar-refractivity contribution in [1.82, 2.24) is 24.5 Å². The van der Waals surface area contributed by atoms with Gasteiger partial charge in [-0.15, -0.1) is 5.10 Å². The highest BCUT2D eigenvalue weighted by Crippen LogP contribution is 2.36. The van der Waals surface area contributed by atoms with Crippen LogP contribution in [0.25, 0.3) is 0 Å². The van der Waals surface area contributed by atoms with Crippen molar-refractivity contribution < 1.29 is 13.2 Å². The molecule has 30 heavy (non-hydrogen) atoms. The lowest BCUT2D eigenvalue weighted by atomic mass is 9.96. The van der Waals surface area contributed by atoms with Gasteiger partial charge in [-0.05, 0) is 60.4 Å². The molecule has 4 rings (SSSR count). The molecule has 0 bridgehead atoms. The number of sulfonamides is 1. The number of hydrogen-bond acceptors (Lipinski definition) is 7. The second-order valence-corrected chi connectivity index (χ2v) is 10.8. The first-order valence-electron chi connectivity index (χ1n) is 10.2. The number of anilines is 1. The fourth-order valence-corrected chi connectivity index (χ4v) is 5.83. The quantitative estimate of drug-likeness (QED) is 0.616. The minimum atomic E-state index is -3.54. The van der Waals surface area contributed by atoms with Gasteiger partial charge in [0.05, 0.1) is 16.7 Å². The number of nitrogens with zero attached hydrogens (tertiary/aromatic N) is 5. The molecule has 2 aliphatic rings. The van der Waals surface area contributed by atoms with E-state index in [1.165, 1.54) is 22.5 Å². The molecule has 0 unspecified atom stereocenters. The molecule has 9 nitrogen and oxygen atoms in total. The van der Waals surface area contributed by atoms with Gasteiger partial charge < -0.3 is 5.32 Å². The maximum absolute atomic E-state index is 12.9. The number of tetrazole rings is 1. The predicted molar refractivity (Wildman–Crippen MR) is 114 cm³/mol. The normalized spacial score (nSPS) is 17.9. The van der Waals surface area contributed by atoms with Gasteiger partial charge in [0, 0.05) is 18.8 Å². The van der Waals surface area contributed by atoms with Crippen LogP contribution in [0, 0.1) is 0 Å². The van der Waals surface area contributed by atoms with Gasteiger partial charge in [0.25, 0.3) is 0 Å². The third-order valence-corrected chi connectivity index (χ3v) is 8.45. The maximum atomic E-state index is 12.9. The molecule has 1 aromatic carbocycles. The van der Waals surface area contributed by atoms with E-state index >= 15 is 0 Å². The summed E-state index contributed by atoms with van der Waals surface area (Å²) in [4.78, 5) is 12.5. The first kappa shape index (κ1) is 21.3. The third-order valence-electron chi connectivity index (χ3n) is 5.59. The van der Waals surface area contributed by atoms with E-state index in [-0.39, 0.29) is 22.6 Å². The molecular formula is C19H26N6O3S2. The van der Waals surface area contributed by atoms with Crippen molar-refractivity contribution in [3.8, 4) is 0 Å². The van der Waals surface area contributed by atoms with Crippen LogP contribution < -0.4 is 5.32 Å². The van der Waals surface area contributed by atoms with Crippen molar-refractivity contribution in [2.75, 3.05) is 18.1 Å². The van der Waals surface area contributed by atoms with Crippen LogP contribution in [-0.2, 0) is 14.8 Å². The Morgan fingerprint density at radius 1 is 1.17 bits per heavy atom. The first-order chi connectivity index (χ1) is 14.4. The molecule has 2 aliphatic carbocycles. The molecule has 0 saturated heterocycles. The van der Waals surface area contributed by atoms with E-state index < -0.39 is 10.0 Å². The zero-order valence-electron chi connectivity index (χ0n) is 16.9. The van der Waals surface area contributed by atoms with Gasteiger partial charge in [-0.3, -0.25) is 4.79 Å². The second-order valence-electron chi connectivity index (χ2n) is 7.81. The van der Waals surface area contributed by atoms with Gasteiger partial charge in [0.2, 0.25) is 21.1 Å². The molecule has 162 valence electrons. The average Bonchev–Trinajstić information content (AvgIpc) is 3.50. The van der Waals surface area contributed by atoms with E-state index in [1.54, 1.807) is 36.0 Å². The van der Waals surface area contributed by atoms with Crippen LogP contribution in [0.2, 0.25) is 0 Å². The fraction of sp³-hybridized carbons (Fsp3) is 0.579. The van der Waals surface area contributed by atoms with E-state index in [1.807, 2.05) is 0 Å². The summed E-state index contributed by atoms with van der Waals surface area (Å²) in [7, 11) is -1.88. The number of carbonyl (C=O) groups excluding carboxylic acids is 1. The minimum Gasteiger partial charge on any atom is -0.325 e. The Hall–Kier alpha value is -1.98. The lowest BCUT2D eigenvalue weighted by Crippen LogP contribution is -2.38. The van der Waals surface area contributed by atoms with E-state index in [2.05, 4.69) is 20.8 Å². The molecule has 2 fully saturated rings. The van der Waals surface area contributed by atoms with Gasteiger partial charge >= 0.3 is 0 Å². The van der Waals surface area contributed by atoms with Crippen molar-refractivity contribution in [2.45, 2.75) is 67.1 Å². The van der Waals surface area contributed by atoms with Crippen LogP contribution >= 0.6 is 11.8 Å². The summed E-state index contributed by atoms with van der Waals surface area (Å²) in [6.07, 6.45) is 7.26. The van der Waals surface area contributed by atoms with Gasteiger partial charge in [0.1, 0.15) is 0 Å². The molecule has 1 aromatic heterocycles. The maximum Gasteiger partial charge on any atom is 0.243 e. The lowest BCUT2D eigenvalue weighted by Gasteiger charge is -2.30. The average molecular weight is 451 g/mol. The number of hydrogen-bond donors (Lipinski definition) is 1. The summed E-state index contributed by atoms with van der Waals surface area (Å²) >= 11 is 1.29. The Morgan fingerprint density at radius 3 is 2.53 bits per heavy atom. The standard InChI is InChI=1S/C19H26N6O3S2/c1-24(15-5-3-2-4-6-15)30(27,28)17-11-7-14(8-12-17)20-18(26)13-29-19-21-22-23-25(19)16-9-10-16/h7-8,11-12,15-16H,2-6,9-10,13H2,1H3,(H,20,26). The van der Waals surface area contributed by atoms with Crippen LogP contribution in [0.15, 0.2) is 34.3 Å². The number of rotatable bonds is 8. The molecule has 1 heterocycles. The minimum absolute atomic E-state index is 0.0623. The molecule has 2 saturated carbocycles. The van der Waals surface area contributed by atoms with E-state index in [0.717, 1.165) is 38.5 Å². The predicted octanol–water partition coefficient (Wildman–Crippen LogP) is 2.69. The molecule has 0 aliphatic heterocycles. The van der Waals surface area contributed by atoms with E-state index in [9.17, 15) is 13.2 Å². The Labute approximate surface area is 180 Å². The summed E-state index contributed by atoms with van der Waals surface area (Å²) < 4.78 is 29.1. The SMILES string of the molecule is CN(C1CCCCC1)S(=O)(=O)c1ccc(NC(=O)CSc2nnnn2C2CC2)cc1. The smallest absolute Gasteiger partial charge is 0.243 e. The van der Waals surface area contributed by atoms with Crippen molar-refractivity contribution in [2.24, 2.45) is 0 Å². The number of amides is 1. The van der Waals surface area contributed by atoms with Crippen LogP contribution in [0.4, 0.5) is 5.69 Å². The Balaban J connectivity index is 1.33. The summed E-state index contributed by atoms with van der Waals surface area (Å²) in [5, 5.41) is 15.0. The Morgan fingerprint density at radius 2 is 1.87 bits per heavy atom. The van der Waals surface area contributed by atoms with Crippen LogP contribution in [-0.4, -0.2) is 57.7 Å². The molecular weight excluding hydrogens is 424 g/mol. The monoisotopic (exact) mass is 450 g/mol. The van der Waals surface area contributed by atoms with Crippen LogP contribution in [0.3, 0.4) is 0 Å². The van der Waals surface area contributed by atoms with E-state index in [4.69, 9.17) is 0 Å². The first-order valence-corrected chi connectivity index (χ1v) is 12.7. The molecule has 1 amide bonds. The number of nitrogens with one attached hydrogen (secondary N) is 1.